The van der Waals surface area contributed by atoms with Crippen LogP contribution in [0.2, 0.25) is 0 Å². The number of hydrogen-bond acceptors (Lipinski definition) is 4. The summed E-state index contributed by atoms with van der Waals surface area (Å²) >= 11 is 0. The first-order valence-corrected chi connectivity index (χ1v) is 7.03. The number of carbonyl (C=O) groups is 1. The molecule has 2 N–H and O–H groups in total. The normalized spacial score (nSPS) is 9.91. The van der Waals surface area contributed by atoms with Crippen LogP contribution in [-0.2, 0) is 4.79 Å². The Morgan fingerprint density at radius 2 is 1.73 bits per heavy atom. The van der Waals surface area contributed by atoms with Gasteiger partial charge in [-0.3, -0.25) is 4.79 Å². The number of hydrogen-bond donors (Lipinski definition) is 2. The van der Waals surface area contributed by atoms with Crippen molar-refractivity contribution >= 4 is 17.3 Å². The molecule has 0 saturated carbocycles. The molecule has 0 aliphatic rings. The molecule has 5 heteroatoms. The molecule has 2 aromatic rings. The van der Waals surface area contributed by atoms with Crippen molar-refractivity contribution in [2.75, 3.05) is 31.4 Å². The Morgan fingerprint density at radius 1 is 1.00 bits per heavy atom. The summed E-state index contributed by atoms with van der Waals surface area (Å²) in [5.74, 6) is 1.47. The Kier molecular flexibility index (Phi) is 5.65. The van der Waals surface area contributed by atoms with Crippen LogP contribution in [0.15, 0.2) is 48.5 Å². The molecule has 0 atom stereocenters. The summed E-state index contributed by atoms with van der Waals surface area (Å²) in [7, 11) is 3.23. The molecule has 0 bridgehead atoms. The minimum absolute atomic E-state index is 0.0486. The number of amides is 1. The molecule has 5 nitrogen and oxygen atoms in total. The van der Waals surface area contributed by atoms with Crippen LogP contribution in [0.25, 0.3) is 0 Å². The topological polar surface area (TPSA) is 59.6 Å². The second kappa shape index (κ2) is 7.93. The van der Waals surface area contributed by atoms with Gasteiger partial charge in [-0.1, -0.05) is 12.1 Å². The number of rotatable bonds is 7. The van der Waals surface area contributed by atoms with Gasteiger partial charge in [0.1, 0.15) is 11.5 Å². The highest BCUT2D eigenvalue weighted by Crippen LogP contribution is 2.22. The summed E-state index contributed by atoms with van der Waals surface area (Å²) in [5, 5.41) is 6.04. The Balaban J connectivity index is 1.80. The molecule has 116 valence electrons. The Hall–Kier alpha value is -2.69. The van der Waals surface area contributed by atoms with Gasteiger partial charge in [0.25, 0.3) is 0 Å². The number of ether oxygens (including phenoxy) is 2. The molecule has 0 fully saturated rings. The Bertz CT molecular complexity index is 612. The Labute approximate surface area is 130 Å². The predicted octanol–water partition coefficient (Wildman–Crippen LogP) is 3.14. The number of nitrogens with one attached hydrogen (secondary N) is 2. The fourth-order valence-corrected chi connectivity index (χ4v) is 2.00. The number of carbonyl (C=O) groups excluding carboxylic acids is 1. The average molecular weight is 300 g/mol. The summed E-state index contributed by atoms with van der Waals surface area (Å²) in [6, 6.07) is 14.9. The van der Waals surface area contributed by atoms with Crippen LogP contribution in [-0.4, -0.2) is 26.7 Å². The third kappa shape index (κ3) is 4.41. The van der Waals surface area contributed by atoms with Crippen molar-refractivity contribution in [3.05, 3.63) is 48.5 Å². The second-order valence-electron chi connectivity index (χ2n) is 4.65. The van der Waals surface area contributed by atoms with E-state index < -0.39 is 0 Å². The zero-order valence-corrected chi connectivity index (χ0v) is 12.8. The maximum Gasteiger partial charge on any atom is 0.226 e. The van der Waals surface area contributed by atoms with E-state index in [4.69, 9.17) is 9.47 Å². The highest BCUT2D eigenvalue weighted by Gasteiger charge is 2.04. The van der Waals surface area contributed by atoms with Crippen LogP contribution < -0.4 is 20.1 Å². The van der Waals surface area contributed by atoms with E-state index in [0.29, 0.717) is 13.0 Å². The van der Waals surface area contributed by atoms with Crippen LogP contribution in [0.5, 0.6) is 11.5 Å². The molecule has 1 amide bonds. The standard InChI is InChI=1S/C17H20N2O3/c1-21-14-9-7-13(8-10-14)19-17(20)11-12-18-15-5-3-4-6-16(15)22-2/h3-10,18H,11-12H2,1-2H3,(H,19,20). The van der Waals surface area contributed by atoms with Crippen molar-refractivity contribution in [3.63, 3.8) is 0 Å². The van der Waals surface area contributed by atoms with Gasteiger partial charge in [0.2, 0.25) is 5.91 Å². The van der Waals surface area contributed by atoms with Crippen LogP contribution in [0.1, 0.15) is 6.42 Å². The van der Waals surface area contributed by atoms with Crippen molar-refractivity contribution in [1.29, 1.82) is 0 Å². The lowest BCUT2D eigenvalue weighted by Gasteiger charge is -2.11. The van der Waals surface area contributed by atoms with Gasteiger partial charge in [-0.2, -0.15) is 0 Å². The zero-order chi connectivity index (χ0) is 15.8. The molecule has 0 radical (unpaired) electrons. The number of benzene rings is 2. The quantitative estimate of drug-likeness (QED) is 0.824. The minimum Gasteiger partial charge on any atom is -0.497 e. The van der Waals surface area contributed by atoms with Crippen LogP contribution in [0, 0.1) is 0 Å². The number of para-hydroxylation sites is 2. The molecule has 0 saturated heterocycles. The van der Waals surface area contributed by atoms with E-state index in [1.54, 1.807) is 14.2 Å². The van der Waals surface area contributed by atoms with Crippen molar-refractivity contribution < 1.29 is 14.3 Å². The lowest BCUT2D eigenvalue weighted by atomic mass is 10.2. The summed E-state index contributed by atoms with van der Waals surface area (Å²) in [6.07, 6.45) is 0.365. The molecule has 2 rings (SSSR count). The first-order valence-electron chi connectivity index (χ1n) is 7.03. The molecule has 0 unspecified atom stereocenters. The maximum atomic E-state index is 11.9. The molecule has 0 aliphatic heterocycles. The predicted molar refractivity (Wildman–Crippen MR) is 87.7 cm³/mol. The van der Waals surface area contributed by atoms with Crippen LogP contribution in [0.3, 0.4) is 0 Å². The van der Waals surface area contributed by atoms with Gasteiger partial charge in [0.05, 0.1) is 19.9 Å². The summed E-state index contributed by atoms with van der Waals surface area (Å²) in [6.45, 7) is 0.530. The van der Waals surface area contributed by atoms with Crippen molar-refractivity contribution in [3.8, 4) is 11.5 Å². The minimum atomic E-state index is -0.0486. The van der Waals surface area contributed by atoms with Gasteiger partial charge < -0.3 is 20.1 Å². The van der Waals surface area contributed by atoms with Crippen LogP contribution >= 0.6 is 0 Å². The van der Waals surface area contributed by atoms with Crippen molar-refractivity contribution in [2.45, 2.75) is 6.42 Å². The second-order valence-corrected chi connectivity index (χ2v) is 4.65. The molecule has 0 aliphatic carbocycles. The molecule has 22 heavy (non-hydrogen) atoms. The first kappa shape index (κ1) is 15.7. The molecular formula is C17H20N2O3. The lowest BCUT2D eigenvalue weighted by molar-refractivity contribution is -0.115. The van der Waals surface area contributed by atoms with E-state index in [1.807, 2.05) is 48.5 Å². The third-order valence-electron chi connectivity index (χ3n) is 3.15. The molecule has 2 aromatic carbocycles. The highest BCUT2D eigenvalue weighted by molar-refractivity contribution is 5.91. The molecule has 0 aromatic heterocycles. The molecule has 0 heterocycles. The summed E-state index contributed by atoms with van der Waals surface area (Å²) in [5.41, 5.74) is 1.63. The van der Waals surface area contributed by atoms with E-state index in [-0.39, 0.29) is 5.91 Å². The van der Waals surface area contributed by atoms with E-state index >= 15 is 0 Å². The van der Waals surface area contributed by atoms with Gasteiger partial charge in [-0.05, 0) is 36.4 Å². The fourth-order valence-electron chi connectivity index (χ4n) is 2.00. The zero-order valence-electron chi connectivity index (χ0n) is 12.8. The average Bonchev–Trinajstić information content (AvgIpc) is 2.56. The van der Waals surface area contributed by atoms with Gasteiger partial charge in [0, 0.05) is 18.7 Å². The van der Waals surface area contributed by atoms with Gasteiger partial charge in [-0.25, -0.2) is 0 Å². The monoisotopic (exact) mass is 300 g/mol. The third-order valence-corrected chi connectivity index (χ3v) is 3.15. The highest BCUT2D eigenvalue weighted by atomic mass is 16.5. The fraction of sp³-hybridized carbons (Fsp3) is 0.235. The molecule has 0 spiro atoms. The lowest BCUT2D eigenvalue weighted by Crippen LogP contribution is -2.16. The van der Waals surface area contributed by atoms with E-state index in [0.717, 1.165) is 22.9 Å². The van der Waals surface area contributed by atoms with Gasteiger partial charge in [-0.15, -0.1) is 0 Å². The van der Waals surface area contributed by atoms with E-state index in [2.05, 4.69) is 10.6 Å². The molecular weight excluding hydrogens is 280 g/mol. The maximum absolute atomic E-state index is 11.9. The summed E-state index contributed by atoms with van der Waals surface area (Å²) < 4.78 is 10.3. The van der Waals surface area contributed by atoms with E-state index in [9.17, 15) is 4.79 Å². The Morgan fingerprint density at radius 3 is 2.41 bits per heavy atom. The smallest absolute Gasteiger partial charge is 0.226 e. The first-order chi connectivity index (χ1) is 10.7. The number of anilines is 2. The number of methoxy groups -OCH3 is 2. The van der Waals surface area contributed by atoms with Gasteiger partial charge in [0.15, 0.2) is 0 Å². The van der Waals surface area contributed by atoms with Crippen LogP contribution in [0.4, 0.5) is 11.4 Å². The van der Waals surface area contributed by atoms with Crippen molar-refractivity contribution in [2.24, 2.45) is 0 Å². The van der Waals surface area contributed by atoms with Crippen molar-refractivity contribution in [1.82, 2.24) is 0 Å². The van der Waals surface area contributed by atoms with Gasteiger partial charge >= 0.3 is 0 Å². The largest absolute Gasteiger partial charge is 0.497 e. The SMILES string of the molecule is COc1ccc(NC(=O)CCNc2ccccc2OC)cc1. The summed E-state index contributed by atoms with van der Waals surface area (Å²) in [4.78, 5) is 11.9. The van der Waals surface area contributed by atoms with E-state index in [1.165, 1.54) is 0 Å².